The summed E-state index contributed by atoms with van der Waals surface area (Å²) in [5.74, 6) is 0.698. The maximum absolute atomic E-state index is 10.4. The molecule has 2 aromatic heterocycles. The van der Waals surface area contributed by atoms with E-state index in [0.717, 1.165) is 13.0 Å². The molecule has 2 rings (SSSR count). The van der Waals surface area contributed by atoms with Crippen LogP contribution >= 0.6 is 0 Å². The van der Waals surface area contributed by atoms with Crippen molar-refractivity contribution >= 4 is 6.29 Å². The minimum atomic E-state index is 0.300. The molecule has 8 heteroatoms. The van der Waals surface area contributed by atoms with Crippen LogP contribution in [0.25, 0.3) is 0 Å². The number of aldehydes is 1. The zero-order valence-corrected chi connectivity index (χ0v) is 8.81. The summed E-state index contributed by atoms with van der Waals surface area (Å²) < 4.78 is 3.24. The molecule has 0 aliphatic rings. The van der Waals surface area contributed by atoms with E-state index in [1.54, 1.807) is 10.9 Å². The number of hydrogen-bond donors (Lipinski definition) is 0. The summed E-state index contributed by atoms with van der Waals surface area (Å²) in [6, 6.07) is 0. The minimum Gasteiger partial charge on any atom is -0.296 e. The van der Waals surface area contributed by atoms with Crippen molar-refractivity contribution in [2.45, 2.75) is 26.4 Å². The normalized spacial score (nSPS) is 10.6. The maximum Gasteiger partial charge on any atom is 0.172 e. The Balaban J connectivity index is 2.13. The van der Waals surface area contributed by atoms with Crippen LogP contribution in [-0.4, -0.2) is 41.5 Å². The molecule has 0 N–H and O–H groups in total. The van der Waals surface area contributed by atoms with Crippen LogP contribution in [0.4, 0.5) is 0 Å². The average Bonchev–Trinajstić information content (AvgIpc) is 2.90. The molecule has 0 saturated heterocycles. The topological polar surface area (TPSA) is 91.4 Å². The number of hydrogen-bond acceptors (Lipinski definition) is 6. The van der Waals surface area contributed by atoms with Crippen LogP contribution in [0.15, 0.2) is 6.20 Å². The Kier molecular flexibility index (Phi) is 2.99. The predicted octanol–water partition coefficient (Wildman–Crippen LogP) is -0.465. The summed E-state index contributed by atoms with van der Waals surface area (Å²) in [5, 5.41) is 18.8. The summed E-state index contributed by atoms with van der Waals surface area (Å²) in [5.41, 5.74) is 0.300. The van der Waals surface area contributed by atoms with Gasteiger partial charge in [0.15, 0.2) is 12.1 Å². The molecular formula is C8H11N7O. The smallest absolute Gasteiger partial charge is 0.172 e. The van der Waals surface area contributed by atoms with E-state index in [-0.39, 0.29) is 0 Å². The number of aromatic nitrogens is 7. The minimum absolute atomic E-state index is 0.300. The Morgan fingerprint density at radius 2 is 2.25 bits per heavy atom. The predicted molar refractivity (Wildman–Crippen MR) is 52.6 cm³/mol. The van der Waals surface area contributed by atoms with Gasteiger partial charge in [0.05, 0.1) is 6.20 Å². The molecule has 0 atom stereocenters. The number of rotatable bonds is 5. The second-order valence-corrected chi connectivity index (χ2v) is 3.28. The molecule has 0 radical (unpaired) electrons. The molecule has 16 heavy (non-hydrogen) atoms. The Morgan fingerprint density at radius 1 is 1.38 bits per heavy atom. The van der Waals surface area contributed by atoms with Crippen LogP contribution in [0.3, 0.4) is 0 Å². The number of aryl methyl sites for hydroxylation is 1. The summed E-state index contributed by atoms with van der Waals surface area (Å²) in [6.45, 7) is 3.22. The van der Waals surface area contributed by atoms with Crippen molar-refractivity contribution in [2.24, 2.45) is 0 Å². The van der Waals surface area contributed by atoms with Crippen molar-refractivity contribution in [3.63, 3.8) is 0 Å². The van der Waals surface area contributed by atoms with Gasteiger partial charge in [-0.1, -0.05) is 12.1 Å². The van der Waals surface area contributed by atoms with Gasteiger partial charge in [-0.15, -0.1) is 10.2 Å². The van der Waals surface area contributed by atoms with Gasteiger partial charge in [-0.05, 0) is 16.8 Å². The molecule has 0 aliphatic heterocycles. The van der Waals surface area contributed by atoms with Crippen molar-refractivity contribution in [3.8, 4) is 0 Å². The number of nitrogens with zero attached hydrogens (tertiary/aromatic N) is 7. The fourth-order valence-corrected chi connectivity index (χ4v) is 1.31. The highest BCUT2D eigenvalue weighted by Crippen LogP contribution is 1.98. The van der Waals surface area contributed by atoms with Crippen molar-refractivity contribution < 1.29 is 4.79 Å². The number of carbonyl (C=O) groups is 1. The van der Waals surface area contributed by atoms with E-state index in [0.29, 0.717) is 24.3 Å². The van der Waals surface area contributed by atoms with Gasteiger partial charge in [-0.25, -0.2) is 9.36 Å². The highest BCUT2D eigenvalue weighted by atomic mass is 16.1. The average molecular weight is 221 g/mol. The van der Waals surface area contributed by atoms with Crippen LogP contribution in [0, 0.1) is 0 Å². The van der Waals surface area contributed by atoms with Gasteiger partial charge < -0.3 is 0 Å². The van der Waals surface area contributed by atoms with Crippen molar-refractivity contribution in [1.82, 2.24) is 35.2 Å². The van der Waals surface area contributed by atoms with Crippen molar-refractivity contribution in [1.29, 1.82) is 0 Å². The fraction of sp³-hybridized carbons (Fsp3) is 0.500. The first-order valence-corrected chi connectivity index (χ1v) is 4.94. The molecule has 0 amide bonds. The monoisotopic (exact) mass is 221 g/mol. The molecular weight excluding hydrogens is 210 g/mol. The SMILES string of the molecule is CCCn1nnnc1Cn1cc(C=O)nn1. The highest BCUT2D eigenvalue weighted by molar-refractivity contribution is 5.70. The second kappa shape index (κ2) is 4.60. The number of carbonyl (C=O) groups excluding carboxylic acids is 1. The van der Waals surface area contributed by atoms with Crippen LogP contribution in [0.2, 0.25) is 0 Å². The standard InChI is InChI=1S/C8H11N7O/c1-2-3-15-8(10-11-13-15)5-14-4-7(6-16)9-12-14/h4,6H,2-3,5H2,1H3. The molecule has 8 nitrogen and oxygen atoms in total. The van der Waals surface area contributed by atoms with E-state index in [1.165, 1.54) is 4.68 Å². The fourth-order valence-electron chi connectivity index (χ4n) is 1.31. The van der Waals surface area contributed by atoms with Crippen molar-refractivity contribution in [2.75, 3.05) is 0 Å². The van der Waals surface area contributed by atoms with Crippen LogP contribution in [-0.2, 0) is 13.1 Å². The van der Waals surface area contributed by atoms with Gasteiger partial charge in [0.1, 0.15) is 12.2 Å². The summed E-state index contributed by atoms with van der Waals surface area (Å²) in [7, 11) is 0. The Morgan fingerprint density at radius 3 is 2.94 bits per heavy atom. The molecule has 0 saturated carbocycles. The third-order valence-corrected chi connectivity index (χ3v) is 2.02. The summed E-state index contributed by atoms with van der Waals surface area (Å²) in [4.78, 5) is 10.4. The van der Waals surface area contributed by atoms with Gasteiger partial charge >= 0.3 is 0 Å². The molecule has 0 spiro atoms. The molecule has 0 unspecified atom stereocenters. The lowest BCUT2D eigenvalue weighted by atomic mass is 10.4. The summed E-state index contributed by atoms with van der Waals surface area (Å²) in [6.07, 6.45) is 3.16. The highest BCUT2D eigenvalue weighted by Gasteiger charge is 2.07. The van der Waals surface area contributed by atoms with Crippen LogP contribution in [0.1, 0.15) is 29.7 Å². The number of tetrazole rings is 1. The van der Waals surface area contributed by atoms with Crippen LogP contribution in [0.5, 0.6) is 0 Å². The molecule has 0 aromatic carbocycles. The molecule has 0 fully saturated rings. The lowest BCUT2D eigenvalue weighted by molar-refractivity contribution is 0.111. The van der Waals surface area contributed by atoms with E-state index in [1.807, 2.05) is 6.92 Å². The summed E-state index contributed by atoms with van der Waals surface area (Å²) >= 11 is 0. The zero-order valence-electron chi connectivity index (χ0n) is 8.81. The lowest BCUT2D eigenvalue weighted by Crippen LogP contribution is -2.10. The Hall–Kier alpha value is -2.12. The van der Waals surface area contributed by atoms with E-state index in [2.05, 4.69) is 25.8 Å². The quantitative estimate of drug-likeness (QED) is 0.634. The molecule has 0 aliphatic carbocycles. The zero-order chi connectivity index (χ0) is 11.4. The Labute approximate surface area is 91.3 Å². The third-order valence-electron chi connectivity index (χ3n) is 2.02. The first-order chi connectivity index (χ1) is 7.83. The van der Waals surface area contributed by atoms with Crippen LogP contribution < -0.4 is 0 Å². The van der Waals surface area contributed by atoms with E-state index < -0.39 is 0 Å². The molecule has 2 heterocycles. The van der Waals surface area contributed by atoms with Gasteiger partial charge in [-0.3, -0.25) is 4.79 Å². The second-order valence-electron chi connectivity index (χ2n) is 3.28. The third kappa shape index (κ3) is 2.10. The largest absolute Gasteiger partial charge is 0.296 e. The van der Waals surface area contributed by atoms with Gasteiger partial charge in [0.2, 0.25) is 0 Å². The lowest BCUT2D eigenvalue weighted by Gasteiger charge is -2.01. The Bertz CT molecular complexity index is 474. The van der Waals surface area contributed by atoms with Gasteiger partial charge in [0, 0.05) is 6.54 Å². The van der Waals surface area contributed by atoms with E-state index in [9.17, 15) is 4.79 Å². The first kappa shape index (κ1) is 10.4. The van der Waals surface area contributed by atoms with Gasteiger partial charge in [-0.2, -0.15) is 0 Å². The maximum atomic E-state index is 10.4. The van der Waals surface area contributed by atoms with Gasteiger partial charge in [0.25, 0.3) is 0 Å². The van der Waals surface area contributed by atoms with Crippen molar-refractivity contribution in [3.05, 3.63) is 17.7 Å². The molecule has 0 bridgehead atoms. The molecule has 84 valence electrons. The molecule has 2 aromatic rings. The van der Waals surface area contributed by atoms with E-state index >= 15 is 0 Å². The first-order valence-electron chi connectivity index (χ1n) is 4.94. The van der Waals surface area contributed by atoms with E-state index in [4.69, 9.17) is 0 Å².